The van der Waals surface area contributed by atoms with Gasteiger partial charge < -0.3 is 19.5 Å². The number of nitrogens with zero attached hydrogens (tertiary/aromatic N) is 1. The number of rotatable bonds is 6. The molecule has 0 aromatic heterocycles. The summed E-state index contributed by atoms with van der Waals surface area (Å²) in [6.07, 6.45) is 2.82. The van der Waals surface area contributed by atoms with Gasteiger partial charge >= 0.3 is 5.97 Å². The van der Waals surface area contributed by atoms with E-state index < -0.39 is 5.54 Å². The van der Waals surface area contributed by atoms with Crippen LogP contribution < -0.4 is 5.32 Å². The van der Waals surface area contributed by atoms with Gasteiger partial charge in [0.05, 0.1) is 18.8 Å². The van der Waals surface area contributed by atoms with Gasteiger partial charge in [-0.3, -0.25) is 9.69 Å². The van der Waals surface area contributed by atoms with Crippen molar-refractivity contribution >= 4 is 5.97 Å². The minimum atomic E-state index is -0.533. The Hall–Kier alpha value is -0.690. The third-order valence-electron chi connectivity index (χ3n) is 5.00. The van der Waals surface area contributed by atoms with Crippen LogP contribution >= 0.6 is 0 Å². The lowest BCUT2D eigenvalue weighted by Crippen LogP contribution is -2.50. The molecule has 2 fully saturated rings. The molecule has 0 bridgehead atoms. The van der Waals surface area contributed by atoms with Crippen molar-refractivity contribution in [3.63, 3.8) is 0 Å². The second kappa shape index (κ2) is 7.05. The monoisotopic (exact) mass is 300 g/mol. The number of esters is 1. The fourth-order valence-corrected chi connectivity index (χ4v) is 3.64. The maximum atomic E-state index is 12.2. The predicted molar refractivity (Wildman–Crippen MR) is 79.2 cm³/mol. The normalized spacial score (nSPS) is 37.0. The fraction of sp³-hybridized carbons (Fsp3) is 0.933. The molecule has 1 saturated heterocycles. The Balaban J connectivity index is 2.00. The molecular formula is C15H28N2O4. The summed E-state index contributed by atoms with van der Waals surface area (Å²) >= 11 is 0. The number of carbonyl (C=O) groups excluding carboxylic acids is 1. The molecule has 0 amide bonds. The second-order valence-electron chi connectivity index (χ2n) is 5.95. The average Bonchev–Trinajstić information content (AvgIpc) is 3.11. The van der Waals surface area contributed by atoms with E-state index in [1.807, 2.05) is 14.0 Å². The summed E-state index contributed by atoms with van der Waals surface area (Å²) in [5, 5.41) is 3.20. The maximum Gasteiger partial charge on any atom is 0.326 e. The van der Waals surface area contributed by atoms with Crippen LogP contribution in [0.15, 0.2) is 0 Å². The Kier molecular flexibility index (Phi) is 5.60. The van der Waals surface area contributed by atoms with Gasteiger partial charge in [-0.05, 0) is 33.2 Å². The highest BCUT2D eigenvalue weighted by atomic mass is 16.5. The van der Waals surface area contributed by atoms with Crippen molar-refractivity contribution in [3.8, 4) is 0 Å². The maximum absolute atomic E-state index is 12.2. The van der Waals surface area contributed by atoms with Gasteiger partial charge in [0, 0.05) is 33.4 Å². The first-order valence-corrected chi connectivity index (χ1v) is 7.76. The van der Waals surface area contributed by atoms with Crippen molar-refractivity contribution in [1.82, 2.24) is 10.2 Å². The molecule has 0 radical (unpaired) electrons. The zero-order chi connectivity index (χ0) is 15.5. The molecule has 1 heterocycles. The van der Waals surface area contributed by atoms with Crippen molar-refractivity contribution in [2.24, 2.45) is 0 Å². The minimum Gasteiger partial charge on any atom is -0.465 e. The van der Waals surface area contributed by atoms with Gasteiger partial charge in [-0.2, -0.15) is 0 Å². The first-order valence-electron chi connectivity index (χ1n) is 7.76. The van der Waals surface area contributed by atoms with Crippen molar-refractivity contribution in [2.75, 3.05) is 41.0 Å². The number of hydrogen-bond acceptors (Lipinski definition) is 6. The molecule has 122 valence electrons. The Morgan fingerprint density at radius 3 is 2.38 bits per heavy atom. The molecule has 1 aliphatic carbocycles. The summed E-state index contributed by atoms with van der Waals surface area (Å²) in [6, 6.07) is 0.375. The summed E-state index contributed by atoms with van der Waals surface area (Å²) < 4.78 is 16.2. The lowest BCUT2D eigenvalue weighted by molar-refractivity contribution is -0.151. The van der Waals surface area contributed by atoms with E-state index in [9.17, 15) is 4.79 Å². The van der Waals surface area contributed by atoms with Crippen LogP contribution in [0.2, 0.25) is 0 Å². The third kappa shape index (κ3) is 3.23. The molecule has 6 heteroatoms. The Labute approximate surface area is 127 Å². The van der Waals surface area contributed by atoms with Crippen LogP contribution in [0, 0.1) is 0 Å². The molecule has 2 rings (SSSR count). The third-order valence-corrected chi connectivity index (χ3v) is 5.00. The Morgan fingerprint density at radius 2 is 1.90 bits per heavy atom. The summed E-state index contributed by atoms with van der Waals surface area (Å²) in [7, 11) is 5.30. The highest BCUT2D eigenvalue weighted by Crippen LogP contribution is 2.36. The van der Waals surface area contributed by atoms with Gasteiger partial charge in [0.1, 0.15) is 5.54 Å². The first kappa shape index (κ1) is 16.7. The Morgan fingerprint density at radius 1 is 1.29 bits per heavy atom. The van der Waals surface area contributed by atoms with Crippen LogP contribution in [0.3, 0.4) is 0 Å². The average molecular weight is 300 g/mol. The fourth-order valence-electron chi connectivity index (χ4n) is 3.64. The van der Waals surface area contributed by atoms with E-state index in [4.69, 9.17) is 14.2 Å². The number of nitrogens with one attached hydrogen (secondary N) is 1. The SMILES string of the molecule is CCOC(=O)C1(NC)CCC(N2CC(OC)C(OC)C2)C1. The molecule has 0 spiro atoms. The largest absolute Gasteiger partial charge is 0.465 e. The van der Waals surface area contributed by atoms with Gasteiger partial charge in [0.25, 0.3) is 0 Å². The summed E-state index contributed by atoms with van der Waals surface area (Å²) in [6.45, 7) is 4.00. The van der Waals surface area contributed by atoms with Crippen LogP contribution in [-0.2, 0) is 19.0 Å². The number of carbonyl (C=O) groups is 1. The van der Waals surface area contributed by atoms with E-state index >= 15 is 0 Å². The number of likely N-dealkylation sites (N-methyl/N-ethyl adjacent to an activating group) is 1. The highest BCUT2D eigenvalue weighted by Gasteiger charge is 2.49. The van der Waals surface area contributed by atoms with E-state index in [1.54, 1.807) is 14.2 Å². The van der Waals surface area contributed by atoms with Gasteiger partial charge in [-0.1, -0.05) is 0 Å². The molecule has 1 N–H and O–H groups in total. The van der Waals surface area contributed by atoms with Crippen molar-refractivity contribution in [3.05, 3.63) is 0 Å². The molecule has 6 nitrogen and oxygen atoms in total. The molecule has 2 aliphatic rings. The Bertz CT molecular complexity index is 354. The van der Waals surface area contributed by atoms with Crippen molar-refractivity contribution in [1.29, 1.82) is 0 Å². The summed E-state index contributed by atoms with van der Waals surface area (Å²) in [4.78, 5) is 14.6. The number of ether oxygens (including phenoxy) is 3. The number of likely N-dealkylation sites (tertiary alicyclic amines) is 1. The van der Waals surface area contributed by atoms with Crippen LogP contribution in [0.25, 0.3) is 0 Å². The van der Waals surface area contributed by atoms with E-state index in [1.165, 1.54) is 0 Å². The molecule has 21 heavy (non-hydrogen) atoms. The van der Waals surface area contributed by atoms with Gasteiger partial charge in [-0.25, -0.2) is 0 Å². The molecular weight excluding hydrogens is 272 g/mol. The first-order chi connectivity index (χ1) is 10.1. The van der Waals surface area contributed by atoms with Crippen LogP contribution in [0.4, 0.5) is 0 Å². The zero-order valence-electron chi connectivity index (χ0n) is 13.6. The van der Waals surface area contributed by atoms with Gasteiger partial charge in [0.15, 0.2) is 0 Å². The van der Waals surface area contributed by atoms with Gasteiger partial charge in [-0.15, -0.1) is 0 Å². The second-order valence-corrected chi connectivity index (χ2v) is 5.95. The van der Waals surface area contributed by atoms with E-state index in [0.29, 0.717) is 12.6 Å². The quantitative estimate of drug-likeness (QED) is 0.717. The lowest BCUT2D eigenvalue weighted by Gasteiger charge is -2.28. The molecule has 1 aliphatic heterocycles. The van der Waals surface area contributed by atoms with Crippen LogP contribution in [0.1, 0.15) is 26.2 Å². The predicted octanol–water partition coefficient (Wildman–Crippen LogP) is 0.406. The topological polar surface area (TPSA) is 60.0 Å². The van der Waals surface area contributed by atoms with E-state index in [-0.39, 0.29) is 18.2 Å². The summed E-state index contributed by atoms with van der Waals surface area (Å²) in [5.74, 6) is -0.124. The molecule has 4 atom stereocenters. The summed E-state index contributed by atoms with van der Waals surface area (Å²) in [5.41, 5.74) is -0.533. The van der Waals surface area contributed by atoms with Crippen LogP contribution in [-0.4, -0.2) is 75.6 Å². The highest BCUT2D eigenvalue weighted by molar-refractivity contribution is 5.81. The molecule has 0 aromatic rings. The van der Waals surface area contributed by atoms with Crippen LogP contribution in [0.5, 0.6) is 0 Å². The van der Waals surface area contributed by atoms with Gasteiger partial charge in [0.2, 0.25) is 0 Å². The zero-order valence-corrected chi connectivity index (χ0v) is 13.6. The number of hydrogen-bond donors (Lipinski definition) is 1. The van der Waals surface area contributed by atoms with Crippen molar-refractivity contribution in [2.45, 2.75) is 50.0 Å². The standard InChI is InChI=1S/C15H28N2O4/c1-5-21-14(18)15(16-2)7-6-11(8-15)17-9-12(19-3)13(10-17)20-4/h11-13,16H,5-10H2,1-4H3. The van der Waals surface area contributed by atoms with E-state index in [2.05, 4.69) is 10.2 Å². The minimum absolute atomic E-state index is 0.113. The molecule has 4 unspecified atom stereocenters. The van der Waals surface area contributed by atoms with Crippen molar-refractivity contribution < 1.29 is 19.0 Å². The number of methoxy groups -OCH3 is 2. The van der Waals surface area contributed by atoms with E-state index in [0.717, 1.165) is 32.4 Å². The smallest absolute Gasteiger partial charge is 0.326 e. The molecule has 1 saturated carbocycles. The molecule has 0 aromatic carbocycles. The lowest BCUT2D eigenvalue weighted by atomic mass is 9.97.